The number of allylic oxidation sites excluding steroid dienone is 3. The van der Waals surface area contributed by atoms with Gasteiger partial charge in [-0.1, -0.05) is 30.7 Å². The second-order valence-corrected chi connectivity index (χ2v) is 2.28. The van der Waals surface area contributed by atoms with Crippen molar-refractivity contribution < 1.29 is 0 Å². The Morgan fingerprint density at radius 1 is 1.75 bits per heavy atom. The molecule has 0 aromatic rings. The number of rotatable bonds is 2. The molecule has 0 fully saturated rings. The van der Waals surface area contributed by atoms with Gasteiger partial charge < -0.3 is 0 Å². The molecule has 0 aliphatic carbocycles. The van der Waals surface area contributed by atoms with E-state index in [1.807, 2.05) is 13.0 Å². The monoisotopic (exact) mass is 130 g/mol. The molecule has 8 heavy (non-hydrogen) atoms. The Kier molecular flexibility index (Phi) is 3.63. The topological polar surface area (TPSA) is 0 Å². The van der Waals surface area contributed by atoms with Gasteiger partial charge >= 0.3 is 0 Å². The van der Waals surface area contributed by atoms with E-state index in [1.165, 1.54) is 5.57 Å². The summed E-state index contributed by atoms with van der Waals surface area (Å²) in [6.07, 6.45) is 2.92. The highest BCUT2D eigenvalue weighted by molar-refractivity contribution is 6.30. The van der Waals surface area contributed by atoms with Crippen LogP contribution >= 0.6 is 11.6 Å². The molecule has 0 heterocycles. The van der Waals surface area contributed by atoms with Gasteiger partial charge in [-0.3, -0.25) is 0 Å². The smallest absolute Gasteiger partial charge is 0.0333 e. The Morgan fingerprint density at radius 2 is 2.25 bits per heavy atom. The van der Waals surface area contributed by atoms with Crippen LogP contribution in [0.15, 0.2) is 23.3 Å². The van der Waals surface area contributed by atoms with E-state index >= 15 is 0 Å². The summed E-state index contributed by atoms with van der Waals surface area (Å²) in [5, 5.41) is 0.615. The second-order valence-electron chi connectivity index (χ2n) is 1.79. The summed E-state index contributed by atoms with van der Waals surface area (Å²) in [5.41, 5.74) is 1.27. The van der Waals surface area contributed by atoms with E-state index in [9.17, 15) is 0 Å². The maximum absolute atomic E-state index is 5.48. The molecule has 0 N–H and O–H groups in total. The van der Waals surface area contributed by atoms with E-state index in [0.717, 1.165) is 6.42 Å². The maximum Gasteiger partial charge on any atom is 0.0333 e. The molecule has 0 aromatic carbocycles. The van der Waals surface area contributed by atoms with E-state index in [2.05, 4.69) is 13.5 Å². The quantitative estimate of drug-likeness (QED) is 0.504. The lowest BCUT2D eigenvalue weighted by Gasteiger charge is -1.90. The molecule has 0 unspecified atom stereocenters. The average Bonchev–Trinajstić information content (AvgIpc) is 1.65. The minimum atomic E-state index is 0.615. The molecule has 46 valence electrons. The van der Waals surface area contributed by atoms with Gasteiger partial charge in [-0.2, -0.15) is 0 Å². The SMILES string of the molecule is C=C(Cl)/C=C(\C)CC. The Balaban J connectivity index is 3.75. The molecule has 0 amide bonds. The Bertz CT molecular complexity index is 112. The second kappa shape index (κ2) is 3.73. The fourth-order valence-electron chi connectivity index (χ4n) is 0.369. The van der Waals surface area contributed by atoms with Crippen molar-refractivity contribution in [2.24, 2.45) is 0 Å². The fraction of sp³-hybridized carbons (Fsp3) is 0.429. The van der Waals surface area contributed by atoms with E-state index in [4.69, 9.17) is 11.6 Å². The molecular weight excluding hydrogens is 120 g/mol. The van der Waals surface area contributed by atoms with Gasteiger partial charge in [-0.05, 0) is 19.4 Å². The third-order valence-electron chi connectivity index (χ3n) is 0.961. The average molecular weight is 131 g/mol. The van der Waals surface area contributed by atoms with Crippen LogP contribution in [0.4, 0.5) is 0 Å². The lowest BCUT2D eigenvalue weighted by molar-refractivity contribution is 1.10. The Morgan fingerprint density at radius 3 is 2.38 bits per heavy atom. The molecule has 0 rings (SSSR count). The van der Waals surface area contributed by atoms with Crippen LogP contribution in [0.5, 0.6) is 0 Å². The zero-order valence-corrected chi connectivity index (χ0v) is 6.13. The van der Waals surface area contributed by atoms with Gasteiger partial charge in [0.15, 0.2) is 0 Å². The summed E-state index contributed by atoms with van der Waals surface area (Å²) < 4.78 is 0. The molecule has 0 nitrogen and oxygen atoms in total. The molecule has 1 heteroatoms. The van der Waals surface area contributed by atoms with Crippen LogP contribution < -0.4 is 0 Å². The predicted octanol–water partition coefficient (Wildman–Crippen LogP) is 3.10. The molecule has 0 aliphatic heterocycles. The Labute approximate surface area is 55.9 Å². The van der Waals surface area contributed by atoms with Crippen molar-refractivity contribution in [2.75, 3.05) is 0 Å². The minimum Gasteiger partial charge on any atom is -0.0850 e. The van der Waals surface area contributed by atoms with Gasteiger partial charge in [-0.25, -0.2) is 0 Å². The lowest BCUT2D eigenvalue weighted by atomic mass is 10.2. The van der Waals surface area contributed by atoms with Gasteiger partial charge in [0.2, 0.25) is 0 Å². The lowest BCUT2D eigenvalue weighted by Crippen LogP contribution is -1.68. The summed E-state index contributed by atoms with van der Waals surface area (Å²) in [7, 11) is 0. The van der Waals surface area contributed by atoms with Gasteiger partial charge in [0, 0.05) is 5.03 Å². The summed E-state index contributed by atoms with van der Waals surface area (Å²) in [5.74, 6) is 0. The number of hydrogen-bond acceptors (Lipinski definition) is 0. The molecule has 0 aromatic heterocycles. The molecule has 0 aliphatic rings. The minimum absolute atomic E-state index is 0.615. The maximum atomic E-state index is 5.48. The van der Waals surface area contributed by atoms with E-state index in [1.54, 1.807) is 0 Å². The van der Waals surface area contributed by atoms with Crippen LogP contribution in [-0.2, 0) is 0 Å². The standard InChI is InChI=1S/C7H11Cl/c1-4-6(2)5-7(3)8/h5H,3-4H2,1-2H3/b6-5+. The van der Waals surface area contributed by atoms with E-state index < -0.39 is 0 Å². The largest absolute Gasteiger partial charge is 0.0850 e. The van der Waals surface area contributed by atoms with Crippen LogP contribution in [-0.4, -0.2) is 0 Å². The first-order chi connectivity index (χ1) is 3.66. The predicted molar refractivity (Wildman–Crippen MR) is 39.0 cm³/mol. The van der Waals surface area contributed by atoms with Crippen LogP contribution in [0.1, 0.15) is 20.3 Å². The first-order valence-electron chi connectivity index (χ1n) is 2.68. The summed E-state index contributed by atoms with van der Waals surface area (Å²) >= 11 is 5.48. The van der Waals surface area contributed by atoms with Crippen molar-refractivity contribution in [3.63, 3.8) is 0 Å². The third-order valence-corrected chi connectivity index (χ3v) is 1.07. The fourth-order valence-corrected chi connectivity index (χ4v) is 0.556. The van der Waals surface area contributed by atoms with Gasteiger partial charge in [0.25, 0.3) is 0 Å². The third kappa shape index (κ3) is 3.94. The van der Waals surface area contributed by atoms with E-state index in [-0.39, 0.29) is 0 Å². The summed E-state index contributed by atoms with van der Waals surface area (Å²) in [4.78, 5) is 0. The molecule has 0 spiro atoms. The van der Waals surface area contributed by atoms with Gasteiger partial charge in [-0.15, -0.1) is 0 Å². The highest BCUT2D eigenvalue weighted by Gasteiger charge is 1.82. The molecule has 0 atom stereocenters. The van der Waals surface area contributed by atoms with Crippen molar-refractivity contribution in [3.05, 3.63) is 23.3 Å². The van der Waals surface area contributed by atoms with Crippen molar-refractivity contribution in [3.8, 4) is 0 Å². The molecule has 0 saturated heterocycles. The van der Waals surface area contributed by atoms with Gasteiger partial charge in [0.1, 0.15) is 0 Å². The normalized spacial score (nSPS) is 11.6. The molecular formula is C7H11Cl. The molecule has 0 bridgehead atoms. The molecule has 0 saturated carbocycles. The number of hydrogen-bond donors (Lipinski definition) is 0. The first kappa shape index (κ1) is 7.77. The zero-order chi connectivity index (χ0) is 6.57. The molecule has 0 radical (unpaired) electrons. The first-order valence-corrected chi connectivity index (χ1v) is 3.06. The van der Waals surface area contributed by atoms with Crippen LogP contribution in [0.25, 0.3) is 0 Å². The summed E-state index contributed by atoms with van der Waals surface area (Å²) in [6.45, 7) is 7.66. The highest BCUT2D eigenvalue weighted by atomic mass is 35.5. The van der Waals surface area contributed by atoms with Crippen molar-refractivity contribution >= 4 is 11.6 Å². The zero-order valence-electron chi connectivity index (χ0n) is 5.37. The number of halogens is 1. The van der Waals surface area contributed by atoms with Gasteiger partial charge in [0.05, 0.1) is 0 Å². The summed E-state index contributed by atoms with van der Waals surface area (Å²) in [6, 6.07) is 0. The van der Waals surface area contributed by atoms with Crippen LogP contribution in [0, 0.1) is 0 Å². The Hall–Kier alpha value is -0.230. The van der Waals surface area contributed by atoms with Crippen LogP contribution in [0.2, 0.25) is 0 Å². The van der Waals surface area contributed by atoms with E-state index in [0.29, 0.717) is 5.03 Å². The van der Waals surface area contributed by atoms with Crippen molar-refractivity contribution in [1.29, 1.82) is 0 Å². The van der Waals surface area contributed by atoms with Crippen molar-refractivity contribution in [2.45, 2.75) is 20.3 Å². The van der Waals surface area contributed by atoms with Crippen LogP contribution in [0.3, 0.4) is 0 Å². The highest BCUT2D eigenvalue weighted by Crippen LogP contribution is 2.05. The van der Waals surface area contributed by atoms with Crippen molar-refractivity contribution in [1.82, 2.24) is 0 Å².